The Morgan fingerprint density at radius 1 is 1.27 bits per heavy atom. The smallest absolute Gasteiger partial charge is 0.320 e. The summed E-state index contributed by atoms with van der Waals surface area (Å²) in [6, 6.07) is 2.64. The van der Waals surface area contributed by atoms with Crippen molar-refractivity contribution in [2.24, 2.45) is 5.92 Å². The van der Waals surface area contributed by atoms with E-state index in [0.29, 0.717) is 43.6 Å². The Morgan fingerprint density at radius 3 is 2.67 bits per heavy atom. The van der Waals surface area contributed by atoms with E-state index in [9.17, 15) is 13.2 Å². The van der Waals surface area contributed by atoms with Crippen LogP contribution < -0.4 is 10.6 Å². The second-order valence-electron chi connectivity index (χ2n) is 9.87. The molecule has 2 amide bonds. The largest absolute Gasteiger partial charge is 0.361 e. The number of hydrogen-bond donors (Lipinski definition) is 2. The highest BCUT2D eigenvalue weighted by molar-refractivity contribution is 7.88. The lowest BCUT2D eigenvalue weighted by Gasteiger charge is -2.30. The molecule has 3 heterocycles. The molecule has 0 unspecified atom stereocenters. The third kappa shape index (κ3) is 8.05. The van der Waals surface area contributed by atoms with Crippen LogP contribution in [0.2, 0.25) is 25.7 Å². The number of fused-ring (bicyclic) bond motifs is 1. The van der Waals surface area contributed by atoms with Gasteiger partial charge in [-0.2, -0.15) is 0 Å². The molecule has 0 aromatic carbocycles. The van der Waals surface area contributed by atoms with Gasteiger partial charge >= 0.3 is 6.03 Å². The van der Waals surface area contributed by atoms with Crippen LogP contribution in [0.15, 0.2) is 18.5 Å². The van der Waals surface area contributed by atoms with Crippen LogP contribution in [0, 0.1) is 5.92 Å². The summed E-state index contributed by atoms with van der Waals surface area (Å²) >= 11 is 0. The highest BCUT2D eigenvalue weighted by Gasteiger charge is 2.24. The average Bonchev–Trinajstić information content (AvgIpc) is 3.12. The van der Waals surface area contributed by atoms with Crippen molar-refractivity contribution in [3.05, 3.63) is 18.5 Å². The van der Waals surface area contributed by atoms with Gasteiger partial charge in [0, 0.05) is 40.5 Å². The molecule has 33 heavy (non-hydrogen) atoms. The maximum Gasteiger partial charge on any atom is 0.320 e. The second kappa shape index (κ2) is 10.9. The molecule has 3 rings (SSSR count). The SMILES string of the molecule is C[Si](C)(C)CCOCn1ccc2nc(NC(=O)NCCC3CCN(S(C)(=O)=O)CC3)cnc21. The van der Waals surface area contributed by atoms with E-state index in [4.69, 9.17) is 4.74 Å². The molecular formula is C21H36N6O4SSi. The van der Waals surface area contributed by atoms with E-state index in [2.05, 4.69) is 40.2 Å². The first-order valence-electron chi connectivity index (χ1n) is 11.4. The summed E-state index contributed by atoms with van der Waals surface area (Å²) in [7, 11) is -4.23. The lowest BCUT2D eigenvalue weighted by molar-refractivity contribution is 0.0899. The van der Waals surface area contributed by atoms with Crippen LogP contribution in [-0.4, -0.2) is 73.9 Å². The zero-order valence-electron chi connectivity index (χ0n) is 20.0. The number of rotatable bonds is 10. The standard InChI is InChI=1S/C21H36N6O4SSi/c1-32(29,30)27-11-6-17(7-12-27)5-9-22-21(28)25-19-15-23-20-18(24-19)8-10-26(20)16-31-13-14-33(2,3)4/h8,10,15,17H,5-7,9,11-14,16H2,1-4H3,(H2,22,24,25,28). The van der Waals surface area contributed by atoms with Crippen LogP contribution in [0.3, 0.4) is 0 Å². The van der Waals surface area contributed by atoms with Gasteiger partial charge in [0.15, 0.2) is 11.5 Å². The molecule has 1 aliphatic rings. The molecule has 2 N–H and O–H groups in total. The molecule has 0 radical (unpaired) electrons. The quantitative estimate of drug-likeness (QED) is 0.386. The van der Waals surface area contributed by atoms with Gasteiger partial charge in [-0.15, -0.1) is 0 Å². The van der Waals surface area contributed by atoms with Gasteiger partial charge in [-0.05, 0) is 37.3 Å². The minimum Gasteiger partial charge on any atom is -0.361 e. The maximum atomic E-state index is 12.2. The first-order valence-corrected chi connectivity index (χ1v) is 17.0. The molecule has 1 aliphatic heterocycles. The molecule has 0 aliphatic carbocycles. The Hall–Kier alpha value is -2.02. The molecule has 1 saturated heterocycles. The number of sulfonamides is 1. The topological polar surface area (TPSA) is 118 Å². The number of amides is 2. The van der Waals surface area contributed by atoms with Crippen LogP contribution in [0.5, 0.6) is 0 Å². The zero-order valence-corrected chi connectivity index (χ0v) is 21.8. The summed E-state index contributed by atoms with van der Waals surface area (Å²) < 4.78 is 32.4. The van der Waals surface area contributed by atoms with Crippen molar-refractivity contribution >= 4 is 41.1 Å². The van der Waals surface area contributed by atoms with Gasteiger partial charge < -0.3 is 14.6 Å². The predicted octanol–water partition coefficient (Wildman–Crippen LogP) is 2.93. The number of nitrogens with zero attached hydrogens (tertiary/aromatic N) is 4. The molecule has 0 saturated carbocycles. The average molecular weight is 497 g/mol. The number of carbonyl (C=O) groups excluding carboxylic acids is 1. The molecule has 0 spiro atoms. The number of aromatic nitrogens is 3. The van der Waals surface area contributed by atoms with E-state index >= 15 is 0 Å². The van der Waals surface area contributed by atoms with Crippen molar-refractivity contribution in [1.82, 2.24) is 24.2 Å². The van der Waals surface area contributed by atoms with Gasteiger partial charge in [0.25, 0.3) is 0 Å². The molecule has 12 heteroatoms. The van der Waals surface area contributed by atoms with E-state index in [-0.39, 0.29) is 6.03 Å². The van der Waals surface area contributed by atoms with Gasteiger partial charge in [0.05, 0.1) is 12.5 Å². The van der Waals surface area contributed by atoms with Crippen LogP contribution in [0.1, 0.15) is 19.3 Å². The molecular weight excluding hydrogens is 460 g/mol. The van der Waals surface area contributed by atoms with Crippen molar-refractivity contribution < 1.29 is 17.9 Å². The Bertz CT molecular complexity index is 1040. The number of nitrogens with one attached hydrogen (secondary N) is 2. The molecule has 2 aromatic rings. The first-order chi connectivity index (χ1) is 15.5. The fraction of sp³-hybridized carbons (Fsp3) is 0.667. The van der Waals surface area contributed by atoms with Gasteiger partial charge in [0.1, 0.15) is 12.2 Å². The molecule has 10 nitrogen and oxygen atoms in total. The number of ether oxygens (including phenoxy) is 1. The van der Waals surface area contributed by atoms with Crippen LogP contribution >= 0.6 is 0 Å². The minimum absolute atomic E-state index is 0.327. The Morgan fingerprint density at radius 2 is 2.00 bits per heavy atom. The summed E-state index contributed by atoms with van der Waals surface area (Å²) in [5.74, 6) is 0.797. The fourth-order valence-electron chi connectivity index (χ4n) is 3.75. The third-order valence-corrected chi connectivity index (χ3v) is 8.82. The lowest BCUT2D eigenvalue weighted by Crippen LogP contribution is -2.38. The van der Waals surface area contributed by atoms with Crippen molar-refractivity contribution in [3.8, 4) is 0 Å². The van der Waals surface area contributed by atoms with Crippen LogP contribution in [0.4, 0.5) is 10.6 Å². The molecule has 184 valence electrons. The minimum atomic E-state index is -3.11. The normalized spacial score (nSPS) is 16.2. The summed E-state index contributed by atoms with van der Waals surface area (Å²) in [4.78, 5) is 21.1. The number of carbonyl (C=O) groups is 1. The molecule has 0 atom stereocenters. The monoisotopic (exact) mass is 496 g/mol. The third-order valence-electron chi connectivity index (χ3n) is 5.81. The summed E-state index contributed by atoms with van der Waals surface area (Å²) in [5.41, 5.74) is 1.41. The Labute approximate surface area is 197 Å². The first kappa shape index (κ1) is 25.6. The van der Waals surface area contributed by atoms with E-state index in [0.717, 1.165) is 37.6 Å². The lowest BCUT2D eigenvalue weighted by atomic mass is 9.95. The van der Waals surface area contributed by atoms with Crippen LogP contribution in [0.25, 0.3) is 11.2 Å². The summed E-state index contributed by atoms with van der Waals surface area (Å²) in [6.07, 6.45) is 7.13. The van der Waals surface area contributed by atoms with E-state index < -0.39 is 18.1 Å². The van der Waals surface area contributed by atoms with Gasteiger partial charge in [-0.1, -0.05) is 19.6 Å². The molecule has 2 aromatic heterocycles. The number of anilines is 1. The predicted molar refractivity (Wildman–Crippen MR) is 132 cm³/mol. The summed E-state index contributed by atoms with van der Waals surface area (Å²) in [6.45, 7) is 9.75. The highest BCUT2D eigenvalue weighted by atomic mass is 32.2. The zero-order chi connectivity index (χ0) is 24.1. The highest BCUT2D eigenvalue weighted by Crippen LogP contribution is 2.21. The Kier molecular flexibility index (Phi) is 8.48. The molecule has 1 fully saturated rings. The fourth-order valence-corrected chi connectivity index (χ4v) is 5.38. The van der Waals surface area contributed by atoms with Crippen molar-refractivity contribution in [2.45, 2.75) is 51.7 Å². The second-order valence-corrected chi connectivity index (χ2v) is 17.5. The van der Waals surface area contributed by atoms with Gasteiger partial charge in [-0.25, -0.2) is 27.5 Å². The van der Waals surface area contributed by atoms with Crippen molar-refractivity contribution in [3.63, 3.8) is 0 Å². The van der Waals surface area contributed by atoms with E-state index in [1.54, 1.807) is 6.20 Å². The number of urea groups is 1. The van der Waals surface area contributed by atoms with E-state index in [1.165, 1.54) is 10.6 Å². The molecule has 0 bridgehead atoms. The number of hydrogen-bond acceptors (Lipinski definition) is 6. The van der Waals surface area contributed by atoms with Crippen molar-refractivity contribution in [2.75, 3.05) is 37.8 Å². The Balaban J connectivity index is 1.41. The van der Waals surface area contributed by atoms with Gasteiger partial charge in [-0.3, -0.25) is 5.32 Å². The summed E-state index contributed by atoms with van der Waals surface area (Å²) in [5, 5.41) is 5.58. The van der Waals surface area contributed by atoms with Crippen molar-refractivity contribution in [1.29, 1.82) is 0 Å². The maximum absolute atomic E-state index is 12.2. The van der Waals surface area contributed by atoms with E-state index in [1.807, 2.05) is 16.8 Å². The van der Waals surface area contributed by atoms with Gasteiger partial charge in [0.2, 0.25) is 10.0 Å². The number of piperidine rings is 1. The van der Waals surface area contributed by atoms with Crippen LogP contribution in [-0.2, 0) is 21.5 Å².